The number of nitrogens with one attached hydrogen (secondary N) is 1. The van der Waals surface area contributed by atoms with Crippen molar-refractivity contribution in [2.45, 2.75) is 25.4 Å². The van der Waals surface area contributed by atoms with Crippen molar-refractivity contribution >= 4 is 5.91 Å². The summed E-state index contributed by atoms with van der Waals surface area (Å²) in [4.78, 5) is 13.7. The molecule has 1 unspecified atom stereocenters. The van der Waals surface area contributed by atoms with E-state index in [4.69, 9.17) is 4.74 Å². The Kier molecular flexibility index (Phi) is 6.37. The molecule has 1 atom stereocenters. The molecule has 0 aromatic rings. The standard InChI is InChI=1S/C11H22N2O3/c1-16-9-10(14)8-12-11(15)4-7-13-5-2-3-6-13/h10,14H,2-9H2,1H3,(H,12,15). The van der Waals surface area contributed by atoms with Gasteiger partial charge in [0, 0.05) is 26.6 Å². The van der Waals surface area contributed by atoms with Crippen molar-refractivity contribution in [3.63, 3.8) is 0 Å². The zero-order chi connectivity index (χ0) is 11.8. The van der Waals surface area contributed by atoms with Crippen molar-refractivity contribution in [2.75, 3.05) is 39.9 Å². The molecule has 1 aliphatic rings. The first-order valence-electron chi connectivity index (χ1n) is 5.88. The van der Waals surface area contributed by atoms with E-state index in [2.05, 4.69) is 10.2 Å². The number of likely N-dealkylation sites (tertiary alicyclic amines) is 1. The largest absolute Gasteiger partial charge is 0.389 e. The first-order valence-corrected chi connectivity index (χ1v) is 5.88. The minimum Gasteiger partial charge on any atom is -0.389 e. The van der Waals surface area contributed by atoms with Gasteiger partial charge >= 0.3 is 0 Å². The number of ether oxygens (including phenoxy) is 1. The van der Waals surface area contributed by atoms with Gasteiger partial charge < -0.3 is 20.1 Å². The second kappa shape index (κ2) is 7.60. The van der Waals surface area contributed by atoms with E-state index in [1.807, 2.05) is 0 Å². The summed E-state index contributed by atoms with van der Waals surface area (Å²) in [5.74, 6) is 0.00190. The van der Waals surface area contributed by atoms with E-state index in [-0.39, 0.29) is 19.1 Å². The zero-order valence-corrected chi connectivity index (χ0v) is 9.95. The molecule has 0 aromatic heterocycles. The summed E-state index contributed by atoms with van der Waals surface area (Å²) in [5, 5.41) is 12.0. The van der Waals surface area contributed by atoms with E-state index in [0.717, 1.165) is 19.6 Å². The molecule has 1 heterocycles. The van der Waals surface area contributed by atoms with Crippen LogP contribution in [0.2, 0.25) is 0 Å². The molecule has 94 valence electrons. The monoisotopic (exact) mass is 230 g/mol. The van der Waals surface area contributed by atoms with Gasteiger partial charge in [-0.3, -0.25) is 4.79 Å². The molecule has 5 heteroatoms. The highest BCUT2D eigenvalue weighted by Gasteiger charge is 2.13. The van der Waals surface area contributed by atoms with Crippen molar-refractivity contribution in [2.24, 2.45) is 0 Å². The van der Waals surface area contributed by atoms with Gasteiger partial charge in [0.15, 0.2) is 0 Å². The number of aliphatic hydroxyl groups excluding tert-OH is 1. The Bertz CT molecular complexity index is 205. The lowest BCUT2D eigenvalue weighted by Gasteiger charge is -2.15. The third kappa shape index (κ3) is 5.44. The number of methoxy groups -OCH3 is 1. The first kappa shape index (κ1) is 13.4. The van der Waals surface area contributed by atoms with Crippen LogP contribution < -0.4 is 5.32 Å². The molecule has 2 N–H and O–H groups in total. The first-order chi connectivity index (χ1) is 7.72. The molecule has 16 heavy (non-hydrogen) atoms. The second-order valence-corrected chi connectivity index (χ2v) is 4.21. The topological polar surface area (TPSA) is 61.8 Å². The normalized spacial score (nSPS) is 18.6. The fourth-order valence-corrected chi connectivity index (χ4v) is 1.84. The van der Waals surface area contributed by atoms with Crippen LogP contribution in [0.1, 0.15) is 19.3 Å². The van der Waals surface area contributed by atoms with Crippen LogP contribution in [0.25, 0.3) is 0 Å². The molecule has 1 amide bonds. The number of nitrogens with zero attached hydrogens (tertiary/aromatic N) is 1. The highest BCUT2D eigenvalue weighted by atomic mass is 16.5. The molecule has 0 radical (unpaired) electrons. The van der Waals surface area contributed by atoms with Crippen LogP contribution in [0.4, 0.5) is 0 Å². The quantitative estimate of drug-likeness (QED) is 0.624. The van der Waals surface area contributed by atoms with Crippen LogP contribution >= 0.6 is 0 Å². The maximum Gasteiger partial charge on any atom is 0.221 e. The molecule has 0 aliphatic carbocycles. The minimum absolute atomic E-state index is 0.00190. The lowest BCUT2D eigenvalue weighted by molar-refractivity contribution is -0.122. The molecule has 0 spiro atoms. The molecule has 0 bridgehead atoms. The van der Waals surface area contributed by atoms with Crippen LogP contribution in [-0.2, 0) is 9.53 Å². The number of carbonyl (C=O) groups is 1. The predicted molar refractivity (Wildman–Crippen MR) is 61.2 cm³/mol. The van der Waals surface area contributed by atoms with Crippen molar-refractivity contribution in [1.29, 1.82) is 0 Å². The fraction of sp³-hybridized carbons (Fsp3) is 0.909. The van der Waals surface area contributed by atoms with Crippen LogP contribution in [0, 0.1) is 0 Å². The summed E-state index contributed by atoms with van der Waals surface area (Å²) in [6.45, 7) is 3.57. The molecule has 1 rings (SSSR count). The highest BCUT2D eigenvalue weighted by molar-refractivity contribution is 5.76. The molecule has 5 nitrogen and oxygen atoms in total. The number of aliphatic hydroxyl groups is 1. The van der Waals surface area contributed by atoms with Crippen molar-refractivity contribution in [3.8, 4) is 0 Å². The molecule has 0 aromatic carbocycles. The Morgan fingerprint density at radius 1 is 1.50 bits per heavy atom. The summed E-state index contributed by atoms with van der Waals surface area (Å²) >= 11 is 0. The zero-order valence-electron chi connectivity index (χ0n) is 9.95. The fourth-order valence-electron chi connectivity index (χ4n) is 1.84. The Balaban J connectivity index is 2.01. The third-order valence-corrected chi connectivity index (χ3v) is 2.75. The van der Waals surface area contributed by atoms with Gasteiger partial charge in [-0.25, -0.2) is 0 Å². The smallest absolute Gasteiger partial charge is 0.221 e. The Labute approximate surface area is 96.8 Å². The van der Waals surface area contributed by atoms with E-state index >= 15 is 0 Å². The Hall–Kier alpha value is -0.650. The summed E-state index contributed by atoms with van der Waals surface area (Å²) in [7, 11) is 1.53. The van der Waals surface area contributed by atoms with Crippen molar-refractivity contribution < 1.29 is 14.6 Å². The van der Waals surface area contributed by atoms with Gasteiger partial charge in [0.2, 0.25) is 5.91 Å². The lowest BCUT2D eigenvalue weighted by atomic mass is 10.3. The minimum atomic E-state index is -0.610. The molecule has 1 fully saturated rings. The van der Waals surface area contributed by atoms with E-state index < -0.39 is 6.10 Å². The number of carbonyl (C=O) groups excluding carboxylic acids is 1. The number of amides is 1. The molecular formula is C11H22N2O3. The highest BCUT2D eigenvalue weighted by Crippen LogP contribution is 2.07. The van der Waals surface area contributed by atoms with Gasteiger partial charge in [-0.1, -0.05) is 0 Å². The molecule has 0 saturated carbocycles. The molecule has 1 saturated heterocycles. The maximum absolute atomic E-state index is 11.4. The van der Waals surface area contributed by atoms with Gasteiger partial charge in [0.05, 0.1) is 12.7 Å². The average molecular weight is 230 g/mol. The third-order valence-electron chi connectivity index (χ3n) is 2.75. The van der Waals surface area contributed by atoms with Gasteiger partial charge in [0.25, 0.3) is 0 Å². The molecule has 1 aliphatic heterocycles. The molecular weight excluding hydrogens is 208 g/mol. The van der Waals surface area contributed by atoms with Gasteiger partial charge in [-0.2, -0.15) is 0 Å². The average Bonchev–Trinajstić information content (AvgIpc) is 2.77. The van der Waals surface area contributed by atoms with Gasteiger partial charge in [-0.05, 0) is 25.9 Å². The lowest BCUT2D eigenvalue weighted by Crippen LogP contribution is -2.36. The van der Waals surface area contributed by atoms with Gasteiger partial charge in [0.1, 0.15) is 0 Å². The summed E-state index contributed by atoms with van der Waals surface area (Å²) in [6.07, 6.45) is 2.39. The Morgan fingerprint density at radius 3 is 2.81 bits per heavy atom. The van der Waals surface area contributed by atoms with Crippen molar-refractivity contribution in [3.05, 3.63) is 0 Å². The summed E-state index contributed by atoms with van der Waals surface area (Å²) < 4.78 is 4.77. The Morgan fingerprint density at radius 2 is 2.19 bits per heavy atom. The van der Waals surface area contributed by atoms with Crippen LogP contribution in [0.15, 0.2) is 0 Å². The number of hydrogen-bond donors (Lipinski definition) is 2. The van der Waals surface area contributed by atoms with E-state index in [9.17, 15) is 9.90 Å². The summed E-state index contributed by atoms with van der Waals surface area (Å²) in [6, 6.07) is 0. The van der Waals surface area contributed by atoms with Gasteiger partial charge in [-0.15, -0.1) is 0 Å². The van der Waals surface area contributed by atoms with Crippen molar-refractivity contribution in [1.82, 2.24) is 10.2 Å². The van der Waals surface area contributed by atoms with E-state index in [0.29, 0.717) is 6.42 Å². The summed E-state index contributed by atoms with van der Waals surface area (Å²) in [5.41, 5.74) is 0. The van der Waals surface area contributed by atoms with Crippen LogP contribution in [-0.4, -0.2) is 61.9 Å². The van der Waals surface area contributed by atoms with Crippen LogP contribution in [0.5, 0.6) is 0 Å². The maximum atomic E-state index is 11.4. The predicted octanol–water partition coefficient (Wildman–Crippen LogP) is -0.404. The van der Waals surface area contributed by atoms with Crippen LogP contribution in [0.3, 0.4) is 0 Å². The SMILES string of the molecule is COCC(O)CNC(=O)CCN1CCCC1. The van der Waals surface area contributed by atoms with E-state index in [1.165, 1.54) is 20.0 Å². The van der Waals surface area contributed by atoms with E-state index in [1.54, 1.807) is 0 Å². The number of hydrogen-bond acceptors (Lipinski definition) is 4. The number of rotatable bonds is 7. The second-order valence-electron chi connectivity index (χ2n) is 4.21.